The van der Waals surface area contributed by atoms with Gasteiger partial charge in [-0.1, -0.05) is 6.07 Å². The Hall–Kier alpha value is -1.71. The van der Waals surface area contributed by atoms with Crippen LogP contribution in [0.3, 0.4) is 0 Å². The van der Waals surface area contributed by atoms with Crippen LogP contribution in [0.4, 0.5) is 10.5 Å². The number of anilines is 1. The van der Waals surface area contributed by atoms with Crippen molar-refractivity contribution in [2.45, 2.75) is 39.8 Å². The van der Waals surface area contributed by atoms with Gasteiger partial charge in [0.15, 0.2) is 0 Å². The third-order valence-corrected chi connectivity index (χ3v) is 2.48. The third-order valence-electron chi connectivity index (χ3n) is 2.48. The van der Waals surface area contributed by atoms with Crippen molar-refractivity contribution in [3.8, 4) is 0 Å². The summed E-state index contributed by atoms with van der Waals surface area (Å²) in [5, 5.41) is 0. The second kappa shape index (κ2) is 5.29. The summed E-state index contributed by atoms with van der Waals surface area (Å²) in [6.45, 7) is 8.06. The Balaban J connectivity index is 2.69. The maximum Gasteiger partial charge on any atom is 0.410 e. The van der Waals surface area contributed by atoms with E-state index in [1.807, 2.05) is 45.9 Å². The van der Waals surface area contributed by atoms with Crippen molar-refractivity contribution >= 4 is 11.8 Å². The molecule has 0 aromatic heterocycles. The normalized spacial score (nSPS) is 11.2. The Bertz CT molecular complexity index is 436. The van der Waals surface area contributed by atoms with Gasteiger partial charge in [-0.3, -0.25) is 0 Å². The summed E-state index contributed by atoms with van der Waals surface area (Å²) in [5.74, 6) is 0. The zero-order chi connectivity index (χ0) is 13.9. The molecule has 2 N–H and O–H groups in total. The predicted octanol–water partition coefficient (Wildman–Crippen LogP) is 2.94. The fourth-order valence-electron chi connectivity index (χ4n) is 1.56. The monoisotopic (exact) mass is 250 g/mol. The number of nitrogens with two attached hydrogens (primary N) is 1. The Labute approximate surface area is 109 Å². The molecule has 4 heteroatoms. The van der Waals surface area contributed by atoms with E-state index in [9.17, 15) is 4.79 Å². The average Bonchev–Trinajstić information content (AvgIpc) is 2.19. The first-order chi connectivity index (χ1) is 8.19. The van der Waals surface area contributed by atoms with Crippen LogP contribution >= 0.6 is 0 Å². The number of amides is 1. The number of aryl methyl sites for hydroxylation is 1. The second-order valence-corrected chi connectivity index (χ2v) is 5.52. The Morgan fingerprint density at radius 3 is 2.50 bits per heavy atom. The van der Waals surface area contributed by atoms with Crippen molar-refractivity contribution in [3.05, 3.63) is 29.3 Å². The predicted molar refractivity (Wildman–Crippen MR) is 73.3 cm³/mol. The number of hydrogen-bond acceptors (Lipinski definition) is 3. The number of nitrogen functional groups attached to an aromatic ring is 1. The molecule has 0 atom stereocenters. The molecule has 0 heterocycles. The van der Waals surface area contributed by atoms with E-state index in [2.05, 4.69) is 0 Å². The van der Waals surface area contributed by atoms with Crippen molar-refractivity contribution in [2.24, 2.45) is 0 Å². The van der Waals surface area contributed by atoms with Gasteiger partial charge in [0.1, 0.15) is 5.60 Å². The smallest absolute Gasteiger partial charge is 0.410 e. The first-order valence-corrected chi connectivity index (χ1v) is 5.98. The molecule has 0 saturated carbocycles. The SMILES string of the molecule is Cc1cc(N)ccc1CN(C)C(=O)OC(C)(C)C. The minimum Gasteiger partial charge on any atom is -0.444 e. The summed E-state index contributed by atoms with van der Waals surface area (Å²) < 4.78 is 5.30. The van der Waals surface area contributed by atoms with Crippen LogP contribution in [0.1, 0.15) is 31.9 Å². The van der Waals surface area contributed by atoms with Gasteiger partial charge in [0.05, 0.1) is 0 Å². The van der Waals surface area contributed by atoms with Gasteiger partial charge in [-0.2, -0.15) is 0 Å². The molecule has 0 bridgehead atoms. The quantitative estimate of drug-likeness (QED) is 0.821. The van der Waals surface area contributed by atoms with E-state index in [1.54, 1.807) is 11.9 Å². The van der Waals surface area contributed by atoms with Gasteiger partial charge in [0, 0.05) is 19.3 Å². The van der Waals surface area contributed by atoms with Gasteiger partial charge in [-0.15, -0.1) is 0 Å². The fourth-order valence-corrected chi connectivity index (χ4v) is 1.56. The summed E-state index contributed by atoms with van der Waals surface area (Å²) in [4.78, 5) is 13.4. The molecule has 0 aliphatic heterocycles. The van der Waals surface area contributed by atoms with E-state index in [1.165, 1.54) is 0 Å². The summed E-state index contributed by atoms with van der Waals surface area (Å²) >= 11 is 0. The maximum absolute atomic E-state index is 11.8. The van der Waals surface area contributed by atoms with Crippen molar-refractivity contribution in [1.29, 1.82) is 0 Å². The molecule has 0 aliphatic rings. The topological polar surface area (TPSA) is 55.6 Å². The molecule has 0 fully saturated rings. The fraction of sp³-hybridized carbons (Fsp3) is 0.500. The number of nitrogens with zero attached hydrogens (tertiary/aromatic N) is 1. The molecule has 18 heavy (non-hydrogen) atoms. The van der Waals surface area contributed by atoms with Gasteiger partial charge in [0.25, 0.3) is 0 Å². The summed E-state index contributed by atoms with van der Waals surface area (Å²) in [5.41, 5.74) is 8.10. The van der Waals surface area contributed by atoms with Gasteiger partial charge in [-0.05, 0) is 51.0 Å². The zero-order valence-electron chi connectivity index (χ0n) is 11.8. The highest BCUT2D eigenvalue weighted by molar-refractivity contribution is 5.67. The number of hydrogen-bond donors (Lipinski definition) is 1. The van der Waals surface area contributed by atoms with E-state index in [0.29, 0.717) is 6.54 Å². The molecular weight excluding hydrogens is 228 g/mol. The molecule has 1 aromatic carbocycles. The molecule has 4 nitrogen and oxygen atoms in total. The molecule has 0 saturated heterocycles. The highest BCUT2D eigenvalue weighted by Crippen LogP contribution is 2.16. The van der Waals surface area contributed by atoms with Gasteiger partial charge < -0.3 is 15.4 Å². The standard InChI is InChI=1S/C14H22N2O2/c1-10-8-12(15)7-6-11(10)9-16(5)13(17)18-14(2,3)4/h6-8H,9,15H2,1-5H3. The van der Waals surface area contributed by atoms with Crippen LogP contribution in [0.25, 0.3) is 0 Å². The molecule has 0 radical (unpaired) electrons. The van der Waals surface area contributed by atoms with Gasteiger partial charge in [-0.25, -0.2) is 4.79 Å². The van der Waals surface area contributed by atoms with Crippen LogP contribution in [0.5, 0.6) is 0 Å². The molecular formula is C14H22N2O2. The lowest BCUT2D eigenvalue weighted by molar-refractivity contribution is 0.0285. The molecule has 0 spiro atoms. The number of carbonyl (C=O) groups is 1. The van der Waals surface area contributed by atoms with E-state index >= 15 is 0 Å². The highest BCUT2D eigenvalue weighted by atomic mass is 16.6. The number of rotatable bonds is 2. The van der Waals surface area contributed by atoms with Crippen molar-refractivity contribution in [3.63, 3.8) is 0 Å². The van der Waals surface area contributed by atoms with Gasteiger partial charge in [0.2, 0.25) is 0 Å². The minimum absolute atomic E-state index is 0.321. The number of carbonyl (C=O) groups excluding carboxylic acids is 1. The van der Waals surface area contributed by atoms with Crippen molar-refractivity contribution in [2.75, 3.05) is 12.8 Å². The van der Waals surface area contributed by atoms with Crippen LogP contribution in [-0.2, 0) is 11.3 Å². The molecule has 1 rings (SSSR count). The van der Waals surface area contributed by atoms with Crippen LogP contribution in [0, 0.1) is 6.92 Å². The van der Waals surface area contributed by atoms with Crippen molar-refractivity contribution in [1.82, 2.24) is 4.90 Å². The summed E-state index contributed by atoms with van der Waals surface area (Å²) in [6.07, 6.45) is -0.321. The molecule has 100 valence electrons. The van der Waals surface area contributed by atoms with Crippen molar-refractivity contribution < 1.29 is 9.53 Å². The molecule has 0 aliphatic carbocycles. The molecule has 1 aromatic rings. The molecule has 0 unspecified atom stereocenters. The highest BCUT2D eigenvalue weighted by Gasteiger charge is 2.19. The zero-order valence-corrected chi connectivity index (χ0v) is 11.8. The number of ether oxygens (including phenoxy) is 1. The van der Waals surface area contributed by atoms with Crippen LogP contribution in [-0.4, -0.2) is 23.6 Å². The lowest BCUT2D eigenvalue weighted by Gasteiger charge is -2.25. The lowest BCUT2D eigenvalue weighted by atomic mass is 10.1. The van der Waals surface area contributed by atoms with Gasteiger partial charge >= 0.3 is 6.09 Å². The van der Waals surface area contributed by atoms with E-state index < -0.39 is 5.60 Å². The largest absolute Gasteiger partial charge is 0.444 e. The summed E-state index contributed by atoms with van der Waals surface area (Å²) in [6, 6.07) is 5.68. The Morgan fingerprint density at radius 1 is 1.39 bits per heavy atom. The summed E-state index contributed by atoms with van der Waals surface area (Å²) in [7, 11) is 1.73. The Morgan fingerprint density at radius 2 is 2.00 bits per heavy atom. The third kappa shape index (κ3) is 4.28. The number of benzene rings is 1. The van der Waals surface area contributed by atoms with Crippen LogP contribution in [0.2, 0.25) is 0 Å². The first kappa shape index (κ1) is 14.4. The van der Waals surface area contributed by atoms with Crippen LogP contribution < -0.4 is 5.73 Å². The van der Waals surface area contributed by atoms with Crippen LogP contribution in [0.15, 0.2) is 18.2 Å². The lowest BCUT2D eigenvalue weighted by Crippen LogP contribution is -2.33. The van der Waals surface area contributed by atoms with E-state index in [4.69, 9.17) is 10.5 Å². The minimum atomic E-state index is -0.471. The first-order valence-electron chi connectivity index (χ1n) is 5.98. The average molecular weight is 250 g/mol. The van der Waals surface area contributed by atoms with E-state index in [0.717, 1.165) is 16.8 Å². The van der Waals surface area contributed by atoms with E-state index in [-0.39, 0.29) is 6.09 Å². The maximum atomic E-state index is 11.8. The Kier molecular flexibility index (Phi) is 4.22. The second-order valence-electron chi connectivity index (χ2n) is 5.52. The molecule has 1 amide bonds.